The first-order chi connectivity index (χ1) is 17.1. The Labute approximate surface area is 220 Å². The third-order valence-electron chi connectivity index (χ3n) is 5.45. The van der Waals surface area contributed by atoms with Crippen LogP contribution in [-0.2, 0) is 28.5 Å². The zero-order valence-electron chi connectivity index (χ0n) is 24.0. The highest BCUT2D eigenvalue weighted by Gasteiger charge is 2.14. The molecule has 0 radical (unpaired) electrons. The minimum absolute atomic E-state index is 0.0202. The first-order valence-corrected chi connectivity index (χ1v) is 13.7. The molecule has 9 nitrogen and oxygen atoms in total. The van der Waals surface area contributed by atoms with Gasteiger partial charge in [0, 0.05) is 51.3 Å². The van der Waals surface area contributed by atoms with E-state index in [1.54, 1.807) is 0 Å². The zero-order chi connectivity index (χ0) is 27.1. The molecule has 9 heteroatoms. The van der Waals surface area contributed by atoms with E-state index >= 15 is 0 Å². The fraction of sp³-hybridized carbons (Fsp3) is 0.926. The second kappa shape index (κ2) is 21.8. The predicted octanol–water partition coefficient (Wildman–Crippen LogP) is 3.20. The Bertz CT molecular complexity index is 552. The van der Waals surface area contributed by atoms with Crippen LogP contribution in [0.1, 0.15) is 86.5 Å². The summed E-state index contributed by atoms with van der Waals surface area (Å²) in [5.74, 6) is -0.0522. The zero-order valence-corrected chi connectivity index (χ0v) is 24.0. The molecular weight excluding hydrogens is 462 g/mol. The Morgan fingerprint density at radius 1 is 0.611 bits per heavy atom. The van der Waals surface area contributed by atoms with Crippen LogP contribution in [-0.4, -0.2) is 88.8 Å². The fourth-order valence-electron chi connectivity index (χ4n) is 2.92. The first kappa shape index (κ1) is 34.7. The molecular formula is C27H55N3O6. The lowest BCUT2D eigenvalue weighted by Crippen LogP contribution is -2.36. The van der Waals surface area contributed by atoms with Crippen LogP contribution in [0.15, 0.2) is 0 Å². The van der Waals surface area contributed by atoms with Gasteiger partial charge in [-0.3, -0.25) is 9.59 Å². The largest absolute Gasteiger partial charge is 0.379 e. The molecule has 0 fully saturated rings. The Balaban J connectivity index is 3.35. The standard InChI is InChI=1S/C27H55N3O6/c1-7-27(5,6)36-19-10-15-29-25(32)13-8-12-24(31)28-14-9-17-33-20-22-35-23-21-34-18-11-16-30-26(2,3)4/h30H,7-23H2,1-6H3,(H,28,31)(H,29,32). The molecule has 0 aliphatic rings. The van der Waals surface area contributed by atoms with Crippen LogP contribution in [0.2, 0.25) is 0 Å². The SMILES string of the molecule is CCC(C)(C)OCCCNC(=O)CCCC(=O)NCCCOCCOCCOCCCNC(C)(C)C. The molecule has 214 valence electrons. The third kappa shape index (κ3) is 25.8. The summed E-state index contributed by atoms with van der Waals surface area (Å²) in [5, 5.41) is 9.17. The molecule has 0 heterocycles. The Morgan fingerprint density at radius 3 is 1.53 bits per heavy atom. The molecule has 0 rings (SSSR count). The van der Waals surface area contributed by atoms with Gasteiger partial charge in [-0.05, 0) is 73.3 Å². The van der Waals surface area contributed by atoms with Crippen molar-refractivity contribution < 1.29 is 28.5 Å². The van der Waals surface area contributed by atoms with E-state index < -0.39 is 0 Å². The number of carbonyl (C=O) groups is 2. The van der Waals surface area contributed by atoms with Crippen molar-refractivity contribution in [1.82, 2.24) is 16.0 Å². The van der Waals surface area contributed by atoms with E-state index in [0.717, 1.165) is 38.8 Å². The number of rotatable bonds is 24. The molecule has 0 aromatic rings. The summed E-state index contributed by atoms with van der Waals surface area (Å²) in [6.07, 6.45) is 4.73. The molecule has 0 saturated carbocycles. The van der Waals surface area contributed by atoms with Crippen molar-refractivity contribution in [3.63, 3.8) is 0 Å². The van der Waals surface area contributed by atoms with Crippen molar-refractivity contribution in [2.75, 3.05) is 65.9 Å². The lowest BCUT2D eigenvalue weighted by Gasteiger charge is -2.23. The van der Waals surface area contributed by atoms with Crippen molar-refractivity contribution in [2.24, 2.45) is 0 Å². The monoisotopic (exact) mass is 517 g/mol. The maximum Gasteiger partial charge on any atom is 0.220 e. The Morgan fingerprint density at radius 2 is 1.06 bits per heavy atom. The van der Waals surface area contributed by atoms with Gasteiger partial charge in [-0.25, -0.2) is 0 Å². The summed E-state index contributed by atoms with van der Waals surface area (Å²) < 4.78 is 22.3. The highest BCUT2D eigenvalue weighted by Crippen LogP contribution is 2.13. The van der Waals surface area contributed by atoms with E-state index in [9.17, 15) is 9.59 Å². The van der Waals surface area contributed by atoms with Gasteiger partial charge < -0.3 is 34.9 Å². The van der Waals surface area contributed by atoms with Crippen LogP contribution < -0.4 is 16.0 Å². The van der Waals surface area contributed by atoms with Crippen LogP contribution in [0, 0.1) is 0 Å². The quantitative estimate of drug-likeness (QED) is 0.169. The highest BCUT2D eigenvalue weighted by molar-refractivity contribution is 5.78. The van der Waals surface area contributed by atoms with Gasteiger partial charge in [-0.2, -0.15) is 0 Å². The molecule has 0 aliphatic heterocycles. The molecule has 0 atom stereocenters. The van der Waals surface area contributed by atoms with Crippen molar-refractivity contribution in [1.29, 1.82) is 0 Å². The van der Waals surface area contributed by atoms with Crippen molar-refractivity contribution in [3.8, 4) is 0 Å². The summed E-state index contributed by atoms with van der Waals surface area (Å²) in [4.78, 5) is 23.7. The van der Waals surface area contributed by atoms with Gasteiger partial charge in [0.25, 0.3) is 0 Å². The average molecular weight is 518 g/mol. The van der Waals surface area contributed by atoms with E-state index in [1.807, 2.05) is 0 Å². The number of ether oxygens (including phenoxy) is 4. The van der Waals surface area contributed by atoms with Crippen molar-refractivity contribution >= 4 is 11.8 Å². The van der Waals surface area contributed by atoms with Crippen LogP contribution in [0.4, 0.5) is 0 Å². The number of hydrogen-bond acceptors (Lipinski definition) is 7. The van der Waals surface area contributed by atoms with Gasteiger partial charge in [0.15, 0.2) is 0 Å². The van der Waals surface area contributed by atoms with Crippen molar-refractivity contribution in [3.05, 3.63) is 0 Å². The Hall–Kier alpha value is -1.26. The number of nitrogens with one attached hydrogen (secondary N) is 3. The molecule has 2 amide bonds. The summed E-state index contributed by atoms with van der Waals surface area (Å²) in [7, 11) is 0. The Kier molecular flexibility index (Phi) is 21.0. The topological polar surface area (TPSA) is 107 Å². The van der Waals surface area contributed by atoms with E-state index in [-0.39, 0.29) is 23.0 Å². The smallest absolute Gasteiger partial charge is 0.220 e. The average Bonchev–Trinajstić information content (AvgIpc) is 2.80. The lowest BCUT2D eigenvalue weighted by atomic mass is 10.1. The van der Waals surface area contributed by atoms with Gasteiger partial charge in [0.1, 0.15) is 0 Å². The van der Waals surface area contributed by atoms with Gasteiger partial charge in [-0.15, -0.1) is 0 Å². The number of hydrogen-bond donors (Lipinski definition) is 3. The summed E-state index contributed by atoms with van der Waals surface area (Å²) in [6, 6.07) is 0. The minimum atomic E-state index is -0.114. The van der Waals surface area contributed by atoms with Gasteiger partial charge in [0.2, 0.25) is 11.8 Å². The van der Waals surface area contributed by atoms with Gasteiger partial charge in [-0.1, -0.05) is 6.92 Å². The second-order valence-corrected chi connectivity index (χ2v) is 10.6. The third-order valence-corrected chi connectivity index (χ3v) is 5.45. The van der Waals surface area contributed by atoms with Gasteiger partial charge >= 0.3 is 0 Å². The summed E-state index contributed by atoms with van der Waals surface area (Å²) in [6.45, 7) is 18.9. The minimum Gasteiger partial charge on any atom is -0.379 e. The molecule has 0 bridgehead atoms. The lowest BCUT2D eigenvalue weighted by molar-refractivity contribution is -0.122. The second-order valence-electron chi connectivity index (χ2n) is 10.6. The summed E-state index contributed by atoms with van der Waals surface area (Å²) >= 11 is 0. The summed E-state index contributed by atoms with van der Waals surface area (Å²) in [5.41, 5.74) is 0.0352. The van der Waals surface area contributed by atoms with Crippen LogP contribution >= 0.6 is 0 Å². The molecule has 3 N–H and O–H groups in total. The molecule has 36 heavy (non-hydrogen) atoms. The number of carbonyl (C=O) groups excluding carboxylic acids is 2. The van der Waals surface area contributed by atoms with Crippen LogP contribution in [0.5, 0.6) is 0 Å². The van der Waals surface area contributed by atoms with Crippen LogP contribution in [0.25, 0.3) is 0 Å². The molecule has 0 aromatic heterocycles. The maximum atomic E-state index is 11.9. The maximum absolute atomic E-state index is 11.9. The van der Waals surface area contributed by atoms with E-state index in [2.05, 4.69) is 57.5 Å². The van der Waals surface area contributed by atoms with E-state index in [0.29, 0.717) is 72.0 Å². The number of amides is 2. The molecule has 0 saturated heterocycles. The van der Waals surface area contributed by atoms with Gasteiger partial charge in [0.05, 0.1) is 32.0 Å². The molecule has 0 aromatic carbocycles. The van der Waals surface area contributed by atoms with Crippen molar-refractivity contribution in [2.45, 2.75) is 97.6 Å². The van der Waals surface area contributed by atoms with E-state index in [1.165, 1.54) is 0 Å². The first-order valence-electron chi connectivity index (χ1n) is 13.7. The predicted molar refractivity (Wildman–Crippen MR) is 144 cm³/mol. The molecule has 0 spiro atoms. The molecule has 0 aliphatic carbocycles. The van der Waals surface area contributed by atoms with E-state index in [4.69, 9.17) is 18.9 Å². The molecule has 0 unspecified atom stereocenters. The normalized spacial score (nSPS) is 12.1. The fourth-order valence-corrected chi connectivity index (χ4v) is 2.92. The highest BCUT2D eigenvalue weighted by atomic mass is 16.5. The van der Waals surface area contributed by atoms with Crippen LogP contribution in [0.3, 0.4) is 0 Å².